The Morgan fingerprint density at radius 1 is 1.17 bits per heavy atom. The number of carbonyl (C=O) groups is 1. The fourth-order valence-electron chi connectivity index (χ4n) is 2.35. The molecule has 0 saturated heterocycles. The van der Waals surface area contributed by atoms with E-state index in [0.717, 1.165) is 16.9 Å². The molecule has 0 heterocycles. The predicted molar refractivity (Wildman–Crippen MR) is 92.4 cm³/mol. The fraction of sp³-hybridized carbons (Fsp3) is 0.316. The van der Waals surface area contributed by atoms with Gasteiger partial charge in [-0.05, 0) is 31.0 Å². The highest BCUT2D eigenvalue weighted by Crippen LogP contribution is 2.18. The van der Waals surface area contributed by atoms with Crippen LogP contribution in [0.3, 0.4) is 0 Å². The molecule has 1 amide bonds. The van der Waals surface area contributed by atoms with Crippen molar-refractivity contribution in [2.75, 3.05) is 13.2 Å². The lowest BCUT2D eigenvalue weighted by Gasteiger charge is -2.13. The zero-order valence-electron chi connectivity index (χ0n) is 13.7. The van der Waals surface area contributed by atoms with Crippen molar-refractivity contribution in [3.8, 4) is 5.75 Å². The van der Waals surface area contributed by atoms with E-state index in [4.69, 9.17) is 10.5 Å². The molecule has 0 aliphatic heterocycles. The minimum Gasteiger partial charge on any atom is -0.493 e. The summed E-state index contributed by atoms with van der Waals surface area (Å²) in [5.74, 6) is 0.769. The molecule has 0 aromatic heterocycles. The monoisotopic (exact) mass is 312 g/mol. The van der Waals surface area contributed by atoms with Gasteiger partial charge in [-0.25, -0.2) is 0 Å². The SMILES string of the molecule is Cc1ccc(OCCC(=O)NCC(N)c2ccccc2)c(C)c1. The number of nitrogens with one attached hydrogen (secondary N) is 1. The van der Waals surface area contributed by atoms with Crippen molar-refractivity contribution >= 4 is 5.91 Å². The van der Waals surface area contributed by atoms with Gasteiger partial charge in [-0.3, -0.25) is 4.79 Å². The largest absolute Gasteiger partial charge is 0.493 e. The van der Waals surface area contributed by atoms with Gasteiger partial charge >= 0.3 is 0 Å². The van der Waals surface area contributed by atoms with Crippen LogP contribution in [0.5, 0.6) is 5.75 Å². The molecule has 2 aromatic rings. The molecular weight excluding hydrogens is 288 g/mol. The van der Waals surface area contributed by atoms with Crippen LogP contribution in [0.1, 0.15) is 29.2 Å². The molecule has 2 aromatic carbocycles. The third kappa shape index (κ3) is 5.42. The standard InChI is InChI=1S/C19H24N2O2/c1-14-8-9-18(15(2)12-14)23-11-10-19(22)21-13-17(20)16-6-4-3-5-7-16/h3-9,12,17H,10-11,13,20H2,1-2H3,(H,21,22). The summed E-state index contributed by atoms with van der Waals surface area (Å²) < 4.78 is 5.66. The van der Waals surface area contributed by atoms with E-state index in [1.54, 1.807) is 0 Å². The van der Waals surface area contributed by atoms with E-state index < -0.39 is 0 Å². The van der Waals surface area contributed by atoms with E-state index in [1.165, 1.54) is 5.56 Å². The first-order valence-electron chi connectivity index (χ1n) is 7.83. The van der Waals surface area contributed by atoms with Gasteiger partial charge in [-0.2, -0.15) is 0 Å². The van der Waals surface area contributed by atoms with Crippen molar-refractivity contribution < 1.29 is 9.53 Å². The number of carbonyl (C=O) groups excluding carboxylic acids is 1. The molecule has 0 aliphatic rings. The van der Waals surface area contributed by atoms with Crippen molar-refractivity contribution in [1.82, 2.24) is 5.32 Å². The molecule has 4 nitrogen and oxygen atoms in total. The van der Waals surface area contributed by atoms with Crippen LogP contribution in [0.4, 0.5) is 0 Å². The molecule has 0 aliphatic carbocycles. The van der Waals surface area contributed by atoms with Gasteiger partial charge in [0.25, 0.3) is 0 Å². The summed E-state index contributed by atoms with van der Waals surface area (Å²) in [4.78, 5) is 11.9. The maximum atomic E-state index is 11.9. The van der Waals surface area contributed by atoms with Crippen LogP contribution < -0.4 is 15.8 Å². The van der Waals surface area contributed by atoms with Crippen LogP contribution in [0.25, 0.3) is 0 Å². The van der Waals surface area contributed by atoms with E-state index in [9.17, 15) is 4.79 Å². The summed E-state index contributed by atoms with van der Waals surface area (Å²) in [5, 5.41) is 2.85. The molecule has 4 heteroatoms. The lowest BCUT2D eigenvalue weighted by atomic mass is 10.1. The minimum atomic E-state index is -0.194. The number of amides is 1. The predicted octanol–water partition coefficient (Wildman–Crippen LogP) is 2.89. The Balaban J connectivity index is 1.71. The molecule has 0 bridgehead atoms. The van der Waals surface area contributed by atoms with Gasteiger partial charge in [0.2, 0.25) is 5.91 Å². The first-order valence-corrected chi connectivity index (χ1v) is 7.83. The van der Waals surface area contributed by atoms with E-state index >= 15 is 0 Å². The molecule has 0 fully saturated rings. The van der Waals surface area contributed by atoms with Crippen LogP contribution in [-0.2, 0) is 4.79 Å². The van der Waals surface area contributed by atoms with Gasteiger partial charge in [0, 0.05) is 12.6 Å². The average molecular weight is 312 g/mol. The van der Waals surface area contributed by atoms with E-state index in [2.05, 4.69) is 11.4 Å². The molecule has 1 unspecified atom stereocenters. The molecular formula is C19H24N2O2. The third-order valence-corrected chi connectivity index (χ3v) is 3.66. The summed E-state index contributed by atoms with van der Waals surface area (Å²) in [6.07, 6.45) is 0.314. The normalized spacial score (nSPS) is 11.8. The molecule has 0 saturated carbocycles. The number of hydrogen-bond acceptors (Lipinski definition) is 3. The number of rotatable bonds is 7. The second kappa shape index (κ2) is 8.34. The molecule has 23 heavy (non-hydrogen) atoms. The summed E-state index contributed by atoms with van der Waals surface area (Å²) in [5.41, 5.74) is 9.34. The zero-order valence-corrected chi connectivity index (χ0v) is 13.7. The van der Waals surface area contributed by atoms with Crippen molar-refractivity contribution in [2.24, 2.45) is 5.73 Å². The Hall–Kier alpha value is -2.33. The Morgan fingerprint density at radius 3 is 2.61 bits per heavy atom. The third-order valence-electron chi connectivity index (χ3n) is 3.66. The van der Waals surface area contributed by atoms with Gasteiger partial charge in [0.1, 0.15) is 5.75 Å². The lowest BCUT2D eigenvalue weighted by Crippen LogP contribution is -2.32. The van der Waals surface area contributed by atoms with E-state index in [1.807, 2.05) is 56.3 Å². The van der Waals surface area contributed by atoms with Crippen molar-refractivity contribution in [3.05, 3.63) is 65.2 Å². The fourth-order valence-corrected chi connectivity index (χ4v) is 2.35. The van der Waals surface area contributed by atoms with Gasteiger partial charge in [-0.15, -0.1) is 0 Å². The highest BCUT2D eigenvalue weighted by atomic mass is 16.5. The quantitative estimate of drug-likeness (QED) is 0.826. The van der Waals surface area contributed by atoms with Gasteiger partial charge in [-0.1, -0.05) is 48.0 Å². The summed E-state index contributed by atoms with van der Waals surface area (Å²) in [6.45, 7) is 4.82. The van der Waals surface area contributed by atoms with Crippen LogP contribution >= 0.6 is 0 Å². The first-order chi connectivity index (χ1) is 11.1. The summed E-state index contributed by atoms with van der Waals surface area (Å²) >= 11 is 0. The Labute approximate surface area is 137 Å². The number of hydrogen-bond donors (Lipinski definition) is 2. The molecule has 0 spiro atoms. The zero-order chi connectivity index (χ0) is 16.7. The molecule has 1 atom stereocenters. The Kier molecular flexibility index (Phi) is 6.18. The summed E-state index contributed by atoms with van der Waals surface area (Å²) in [7, 11) is 0. The van der Waals surface area contributed by atoms with Crippen molar-refractivity contribution in [1.29, 1.82) is 0 Å². The topological polar surface area (TPSA) is 64.3 Å². The highest BCUT2D eigenvalue weighted by Gasteiger charge is 2.08. The van der Waals surface area contributed by atoms with Crippen LogP contribution in [0.15, 0.2) is 48.5 Å². The van der Waals surface area contributed by atoms with Crippen molar-refractivity contribution in [3.63, 3.8) is 0 Å². The minimum absolute atomic E-state index is 0.0545. The van der Waals surface area contributed by atoms with E-state index in [-0.39, 0.29) is 11.9 Å². The summed E-state index contributed by atoms with van der Waals surface area (Å²) in [6, 6.07) is 15.5. The second-order valence-electron chi connectivity index (χ2n) is 5.69. The van der Waals surface area contributed by atoms with Crippen LogP contribution in [-0.4, -0.2) is 19.1 Å². The highest BCUT2D eigenvalue weighted by molar-refractivity contribution is 5.76. The number of nitrogens with two attached hydrogens (primary N) is 1. The van der Waals surface area contributed by atoms with Crippen LogP contribution in [0.2, 0.25) is 0 Å². The van der Waals surface area contributed by atoms with Crippen LogP contribution in [0, 0.1) is 13.8 Å². The van der Waals surface area contributed by atoms with Gasteiger partial charge in [0.05, 0.1) is 13.0 Å². The molecule has 3 N–H and O–H groups in total. The van der Waals surface area contributed by atoms with Gasteiger partial charge < -0.3 is 15.8 Å². The number of aryl methyl sites for hydroxylation is 2. The Morgan fingerprint density at radius 2 is 1.91 bits per heavy atom. The molecule has 2 rings (SSSR count). The first kappa shape index (κ1) is 17.0. The van der Waals surface area contributed by atoms with Crippen molar-refractivity contribution in [2.45, 2.75) is 26.3 Å². The second-order valence-corrected chi connectivity index (χ2v) is 5.69. The smallest absolute Gasteiger partial charge is 0.223 e. The average Bonchev–Trinajstić information content (AvgIpc) is 2.55. The Bertz CT molecular complexity index is 641. The molecule has 0 radical (unpaired) electrons. The lowest BCUT2D eigenvalue weighted by molar-refractivity contribution is -0.121. The molecule has 122 valence electrons. The number of benzene rings is 2. The number of ether oxygens (including phenoxy) is 1. The van der Waals surface area contributed by atoms with Gasteiger partial charge in [0.15, 0.2) is 0 Å². The maximum absolute atomic E-state index is 11.9. The van der Waals surface area contributed by atoms with E-state index in [0.29, 0.717) is 19.6 Å². The maximum Gasteiger partial charge on any atom is 0.223 e.